The minimum Gasteiger partial charge on any atom is -0.388 e. The van der Waals surface area contributed by atoms with E-state index < -0.39 is 24.1 Å². The largest absolute Gasteiger partial charge is 0.388 e. The molecule has 5 N–H and O–H groups in total. The van der Waals surface area contributed by atoms with Crippen LogP contribution in [-0.4, -0.2) is 63.7 Å². The van der Waals surface area contributed by atoms with Gasteiger partial charge in [-0.25, -0.2) is 0 Å². The summed E-state index contributed by atoms with van der Waals surface area (Å²) in [4.78, 5) is 0. The van der Waals surface area contributed by atoms with Crippen molar-refractivity contribution < 1.29 is 25.2 Å². The molecule has 0 spiro atoms. The van der Waals surface area contributed by atoms with Crippen LogP contribution in [0, 0.1) is 11.8 Å². The van der Waals surface area contributed by atoms with Crippen LogP contribution in [0.2, 0.25) is 0 Å². The summed E-state index contributed by atoms with van der Waals surface area (Å²) >= 11 is 0. The maximum atomic E-state index is 10.2. The third-order valence-electron chi connectivity index (χ3n) is 3.71. The zero-order valence-electron chi connectivity index (χ0n) is 12.1. The van der Waals surface area contributed by atoms with E-state index in [0.717, 1.165) is 0 Å². The third kappa shape index (κ3) is 3.87. The predicted molar refractivity (Wildman–Crippen MR) is 70.4 cm³/mol. The van der Waals surface area contributed by atoms with Gasteiger partial charge in [-0.3, -0.25) is 0 Å². The van der Waals surface area contributed by atoms with E-state index in [2.05, 4.69) is 33.0 Å². The number of hydrogen-bond acceptors (Lipinski definition) is 6. The highest BCUT2D eigenvalue weighted by molar-refractivity contribution is 4.93. The summed E-state index contributed by atoms with van der Waals surface area (Å²) in [5.74, 6) is -1.15. The van der Waals surface area contributed by atoms with E-state index in [4.69, 9.17) is 4.74 Å². The maximum absolute atomic E-state index is 10.2. The fraction of sp³-hybridized carbons (Fsp3) is 1.00. The molecule has 0 aliphatic carbocycles. The van der Waals surface area contributed by atoms with Crippen molar-refractivity contribution in [2.24, 2.45) is 11.8 Å². The Morgan fingerprint density at radius 1 is 1.16 bits per heavy atom. The van der Waals surface area contributed by atoms with Gasteiger partial charge in [-0.2, -0.15) is 0 Å². The molecule has 6 heteroatoms. The second-order valence-electron chi connectivity index (χ2n) is 6.05. The van der Waals surface area contributed by atoms with Gasteiger partial charge in [-0.15, -0.1) is 0 Å². The Hall–Kier alpha value is -0.240. The number of ether oxygens (including phenoxy) is 1. The second-order valence-corrected chi connectivity index (χ2v) is 6.05. The Morgan fingerprint density at radius 3 is 2.16 bits per heavy atom. The predicted octanol–water partition coefficient (Wildman–Crippen LogP) is -0.942. The van der Waals surface area contributed by atoms with Crippen LogP contribution in [0.1, 0.15) is 27.7 Å². The molecule has 1 aliphatic rings. The number of rotatable bonds is 5. The molecule has 6 nitrogen and oxygen atoms in total. The van der Waals surface area contributed by atoms with Crippen molar-refractivity contribution in [3.05, 3.63) is 0 Å². The Morgan fingerprint density at radius 2 is 1.68 bits per heavy atom. The molecule has 0 aromatic carbocycles. The summed E-state index contributed by atoms with van der Waals surface area (Å²) in [5.41, 5.74) is 0. The highest BCUT2D eigenvalue weighted by Crippen LogP contribution is 2.24. The first-order valence-corrected chi connectivity index (χ1v) is 6.83. The molecule has 1 saturated heterocycles. The molecule has 1 aliphatic heterocycles. The fourth-order valence-electron chi connectivity index (χ4n) is 2.55. The van der Waals surface area contributed by atoms with E-state index in [1.807, 2.05) is 0 Å². The maximum Gasteiger partial charge on any atom is 0.207 e. The van der Waals surface area contributed by atoms with E-state index in [1.165, 1.54) is 0 Å². The molecule has 0 bridgehead atoms. The topological polar surface area (TPSA) is 102 Å². The van der Waals surface area contributed by atoms with Crippen LogP contribution in [0.5, 0.6) is 0 Å². The zero-order valence-corrected chi connectivity index (χ0v) is 12.1. The summed E-state index contributed by atoms with van der Waals surface area (Å²) in [5, 5.41) is 42.2. The summed E-state index contributed by atoms with van der Waals surface area (Å²) in [6.07, 6.45) is -4.12. The SMILES string of the molecule is CC(C)C(NCC1(O)OCC(O)C(O)C1O)C(C)C. The van der Waals surface area contributed by atoms with Crippen LogP contribution in [0.3, 0.4) is 0 Å². The first-order valence-electron chi connectivity index (χ1n) is 6.83. The Kier molecular flexibility index (Phi) is 5.73. The number of hydrogen-bond donors (Lipinski definition) is 5. The average molecular weight is 277 g/mol. The summed E-state index contributed by atoms with van der Waals surface area (Å²) in [7, 11) is 0. The van der Waals surface area contributed by atoms with Gasteiger partial charge in [0.15, 0.2) is 0 Å². The van der Waals surface area contributed by atoms with Crippen molar-refractivity contribution in [1.82, 2.24) is 5.32 Å². The van der Waals surface area contributed by atoms with Gasteiger partial charge in [0.25, 0.3) is 0 Å². The molecule has 0 aromatic rings. The van der Waals surface area contributed by atoms with Crippen molar-refractivity contribution in [2.45, 2.75) is 57.8 Å². The second kappa shape index (κ2) is 6.47. The lowest BCUT2D eigenvalue weighted by Crippen LogP contribution is -2.65. The van der Waals surface area contributed by atoms with E-state index >= 15 is 0 Å². The van der Waals surface area contributed by atoms with Crippen molar-refractivity contribution >= 4 is 0 Å². The van der Waals surface area contributed by atoms with Crippen LogP contribution in [0.15, 0.2) is 0 Å². The van der Waals surface area contributed by atoms with Crippen LogP contribution in [0.4, 0.5) is 0 Å². The minimum absolute atomic E-state index is 0.00102. The van der Waals surface area contributed by atoms with Crippen LogP contribution < -0.4 is 5.32 Å². The highest BCUT2D eigenvalue weighted by Gasteiger charge is 2.48. The van der Waals surface area contributed by atoms with Crippen LogP contribution in [-0.2, 0) is 4.74 Å². The first kappa shape index (κ1) is 16.8. The number of aliphatic hydroxyl groups is 4. The van der Waals surface area contributed by atoms with E-state index in [-0.39, 0.29) is 19.2 Å². The Labute approximate surface area is 114 Å². The molecule has 19 heavy (non-hydrogen) atoms. The molecule has 0 amide bonds. The van der Waals surface area contributed by atoms with Gasteiger partial charge in [0.1, 0.15) is 18.3 Å². The molecule has 1 rings (SSSR count). The first-order chi connectivity index (χ1) is 8.69. The van der Waals surface area contributed by atoms with E-state index in [1.54, 1.807) is 0 Å². The molecule has 4 atom stereocenters. The van der Waals surface area contributed by atoms with Gasteiger partial charge in [-0.05, 0) is 11.8 Å². The van der Waals surface area contributed by atoms with Gasteiger partial charge >= 0.3 is 0 Å². The van der Waals surface area contributed by atoms with Crippen molar-refractivity contribution in [3.8, 4) is 0 Å². The van der Waals surface area contributed by atoms with Gasteiger partial charge in [-0.1, -0.05) is 27.7 Å². The lowest BCUT2D eigenvalue weighted by Gasteiger charge is -2.42. The lowest BCUT2D eigenvalue weighted by atomic mass is 9.91. The average Bonchev–Trinajstić information content (AvgIpc) is 2.31. The smallest absolute Gasteiger partial charge is 0.207 e. The van der Waals surface area contributed by atoms with E-state index in [9.17, 15) is 20.4 Å². The van der Waals surface area contributed by atoms with Crippen LogP contribution in [0.25, 0.3) is 0 Å². The third-order valence-corrected chi connectivity index (χ3v) is 3.71. The van der Waals surface area contributed by atoms with Crippen molar-refractivity contribution in [2.75, 3.05) is 13.2 Å². The van der Waals surface area contributed by atoms with Crippen molar-refractivity contribution in [1.29, 1.82) is 0 Å². The Bertz CT molecular complexity index is 278. The zero-order chi connectivity index (χ0) is 14.8. The van der Waals surface area contributed by atoms with Crippen molar-refractivity contribution in [3.63, 3.8) is 0 Å². The van der Waals surface area contributed by atoms with Gasteiger partial charge in [0, 0.05) is 6.04 Å². The molecule has 1 fully saturated rings. The Balaban J connectivity index is 2.64. The summed E-state index contributed by atoms with van der Waals surface area (Å²) < 4.78 is 5.10. The normalized spacial score (nSPS) is 36.5. The molecular formula is C13H27NO5. The number of nitrogens with one attached hydrogen (secondary N) is 1. The summed E-state index contributed by atoms with van der Waals surface area (Å²) in [6.45, 7) is 8.07. The standard InChI is InChI=1S/C13H27NO5/c1-7(2)10(8(3)4)14-6-13(18)12(17)11(16)9(15)5-19-13/h7-12,14-18H,5-6H2,1-4H3. The highest BCUT2D eigenvalue weighted by atomic mass is 16.6. The van der Waals surface area contributed by atoms with E-state index in [0.29, 0.717) is 11.8 Å². The molecule has 0 saturated carbocycles. The molecule has 0 aromatic heterocycles. The molecule has 114 valence electrons. The van der Waals surface area contributed by atoms with Gasteiger partial charge in [0.05, 0.1) is 13.2 Å². The number of aliphatic hydroxyl groups excluding tert-OH is 3. The monoisotopic (exact) mass is 277 g/mol. The lowest BCUT2D eigenvalue weighted by molar-refractivity contribution is -0.318. The quantitative estimate of drug-likeness (QED) is 0.444. The molecule has 4 unspecified atom stereocenters. The van der Waals surface area contributed by atoms with Gasteiger partial charge in [0.2, 0.25) is 5.79 Å². The molecular weight excluding hydrogens is 250 g/mol. The summed E-state index contributed by atoms with van der Waals surface area (Å²) in [6, 6.07) is 0.156. The molecule has 1 heterocycles. The van der Waals surface area contributed by atoms with Crippen LogP contribution >= 0.6 is 0 Å². The molecule has 0 radical (unpaired) electrons. The fourth-order valence-corrected chi connectivity index (χ4v) is 2.55. The van der Waals surface area contributed by atoms with Gasteiger partial charge < -0.3 is 30.5 Å². The minimum atomic E-state index is -1.87.